The van der Waals surface area contributed by atoms with Gasteiger partial charge in [0.1, 0.15) is 0 Å². The van der Waals surface area contributed by atoms with Crippen molar-refractivity contribution in [3.05, 3.63) is 88.0 Å². The minimum atomic E-state index is -0.467. The van der Waals surface area contributed by atoms with Gasteiger partial charge in [-0.15, -0.1) is 0 Å². The molecule has 152 valence electrons. The molecule has 0 amide bonds. The van der Waals surface area contributed by atoms with Crippen molar-refractivity contribution in [2.24, 2.45) is 11.8 Å². The Balaban J connectivity index is 1.99. The standard InChI is InChI=1S/C23H25NO5/c1-4-28-23(25)20-14-19(15(2)3)21(17-10-12-18(13-11-17)24(26)27)29-22(20)16-8-6-5-7-9-16/h5-13,19-22H,2,4,14H2,1,3H3/t19-,20-,21-,22+/m0/s1. The first kappa shape index (κ1) is 20.7. The number of nitro benzene ring substituents is 1. The summed E-state index contributed by atoms with van der Waals surface area (Å²) in [5, 5.41) is 11.0. The fourth-order valence-electron chi connectivity index (χ4n) is 3.85. The highest BCUT2D eigenvalue weighted by Crippen LogP contribution is 2.48. The van der Waals surface area contributed by atoms with Crippen LogP contribution in [-0.2, 0) is 14.3 Å². The molecule has 0 N–H and O–H groups in total. The molecule has 2 aromatic carbocycles. The van der Waals surface area contributed by atoms with Crippen molar-refractivity contribution in [1.82, 2.24) is 0 Å². The number of carbonyl (C=O) groups excluding carboxylic acids is 1. The Kier molecular flexibility index (Phi) is 6.44. The second kappa shape index (κ2) is 9.01. The fraction of sp³-hybridized carbons (Fsp3) is 0.348. The average molecular weight is 395 g/mol. The van der Waals surface area contributed by atoms with Gasteiger partial charge in [0.2, 0.25) is 0 Å². The topological polar surface area (TPSA) is 78.7 Å². The first-order valence-electron chi connectivity index (χ1n) is 9.69. The summed E-state index contributed by atoms with van der Waals surface area (Å²) in [4.78, 5) is 23.3. The molecule has 1 saturated heterocycles. The molecule has 1 aliphatic heterocycles. The van der Waals surface area contributed by atoms with E-state index < -0.39 is 16.9 Å². The maximum Gasteiger partial charge on any atom is 0.311 e. The first-order chi connectivity index (χ1) is 13.9. The number of hydrogen-bond donors (Lipinski definition) is 0. The summed E-state index contributed by atoms with van der Waals surface area (Å²) < 4.78 is 11.8. The van der Waals surface area contributed by atoms with Gasteiger partial charge in [0, 0.05) is 18.1 Å². The van der Waals surface area contributed by atoms with Gasteiger partial charge >= 0.3 is 5.97 Å². The molecule has 1 aliphatic rings. The normalized spacial score (nSPS) is 23.9. The molecule has 0 unspecified atom stereocenters. The van der Waals surface area contributed by atoms with Crippen molar-refractivity contribution in [3.63, 3.8) is 0 Å². The van der Waals surface area contributed by atoms with E-state index in [-0.39, 0.29) is 23.7 Å². The summed E-state index contributed by atoms with van der Waals surface area (Å²) in [6, 6.07) is 16.0. The van der Waals surface area contributed by atoms with Gasteiger partial charge in [0.15, 0.2) is 0 Å². The zero-order valence-corrected chi connectivity index (χ0v) is 16.6. The van der Waals surface area contributed by atoms with Gasteiger partial charge in [-0.3, -0.25) is 14.9 Å². The van der Waals surface area contributed by atoms with E-state index in [1.54, 1.807) is 19.1 Å². The SMILES string of the molecule is C=C(C)[C@@H]1C[C@H](C(=O)OCC)[C@@H](c2ccccc2)O[C@H]1c1ccc([N+](=O)[O-])cc1. The van der Waals surface area contributed by atoms with E-state index in [1.807, 2.05) is 37.3 Å². The van der Waals surface area contributed by atoms with Crippen LogP contribution in [-0.4, -0.2) is 17.5 Å². The summed E-state index contributed by atoms with van der Waals surface area (Å²) in [7, 11) is 0. The van der Waals surface area contributed by atoms with Crippen molar-refractivity contribution < 1.29 is 19.2 Å². The number of benzene rings is 2. The second-order valence-corrected chi connectivity index (χ2v) is 7.28. The lowest BCUT2D eigenvalue weighted by Crippen LogP contribution is -2.37. The number of esters is 1. The van der Waals surface area contributed by atoms with Crippen LogP contribution in [0.2, 0.25) is 0 Å². The number of carbonyl (C=O) groups is 1. The largest absolute Gasteiger partial charge is 0.466 e. The molecule has 6 nitrogen and oxygen atoms in total. The molecule has 1 heterocycles. The van der Waals surface area contributed by atoms with Crippen LogP contribution in [0.4, 0.5) is 5.69 Å². The maximum absolute atomic E-state index is 12.7. The fourth-order valence-corrected chi connectivity index (χ4v) is 3.85. The highest BCUT2D eigenvalue weighted by Gasteiger charge is 2.43. The van der Waals surface area contributed by atoms with E-state index in [0.717, 1.165) is 16.7 Å². The minimum absolute atomic E-state index is 0.0282. The molecule has 6 heteroatoms. The quantitative estimate of drug-likeness (QED) is 0.292. The van der Waals surface area contributed by atoms with Crippen LogP contribution in [0.3, 0.4) is 0 Å². The minimum Gasteiger partial charge on any atom is -0.466 e. The predicted molar refractivity (Wildman–Crippen MR) is 109 cm³/mol. The Morgan fingerprint density at radius 1 is 1.10 bits per heavy atom. The van der Waals surface area contributed by atoms with Crippen LogP contribution < -0.4 is 0 Å². The zero-order valence-electron chi connectivity index (χ0n) is 16.6. The van der Waals surface area contributed by atoms with Crippen LogP contribution in [0.1, 0.15) is 43.6 Å². The lowest BCUT2D eigenvalue weighted by molar-refractivity contribution is -0.384. The Morgan fingerprint density at radius 2 is 1.69 bits per heavy atom. The van der Waals surface area contributed by atoms with Gasteiger partial charge in [-0.2, -0.15) is 0 Å². The van der Waals surface area contributed by atoms with Crippen LogP contribution in [0.15, 0.2) is 66.7 Å². The van der Waals surface area contributed by atoms with Gasteiger partial charge in [0.05, 0.1) is 29.7 Å². The summed E-state index contributed by atoms with van der Waals surface area (Å²) in [6.07, 6.45) is -0.287. The Labute approximate surface area is 170 Å². The molecule has 2 aromatic rings. The Hall–Kier alpha value is -2.99. The summed E-state index contributed by atoms with van der Waals surface area (Å²) in [5.41, 5.74) is 2.65. The summed E-state index contributed by atoms with van der Waals surface area (Å²) >= 11 is 0. The monoisotopic (exact) mass is 395 g/mol. The Morgan fingerprint density at radius 3 is 2.24 bits per heavy atom. The maximum atomic E-state index is 12.7. The van der Waals surface area contributed by atoms with E-state index in [9.17, 15) is 14.9 Å². The van der Waals surface area contributed by atoms with Gasteiger partial charge in [-0.1, -0.05) is 42.5 Å². The number of nitro groups is 1. The zero-order chi connectivity index (χ0) is 21.0. The molecular weight excluding hydrogens is 370 g/mol. The average Bonchev–Trinajstić information content (AvgIpc) is 2.73. The number of hydrogen-bond acceptors (Lipinski definition) is 5. The molecule has 0 spiro atoms. The first-order valence-corrected chi connectivity index (χ1v) is 9.69. The molecule has 3 rings (SSSR count). The number of rotatable bonds is 6. The van der Waals surface area contributed by atoms with Crippen molar-refractivity contribution in [1.29, 1.82) is 0 Å². The summed E-state index contributed by atoms with van der Waals surface area (Å²) in [5.74, 6) is -0.839. The van der Waals surface area contributed by atoms with E-state index in [0.29, 0.717) is 13.0 Å². The number of ether oxygens (including phenoxy) is 2. The molecule has 4 atom stereocenters. The van der Waals surface area contributed by atoms with Crippen molar-refractivity contribution >= 4 is 11.7 Å². The van der Waals surface area contributed by atoms with E-state index in [2.05, 4.69) is 6.58 Å². The highest BCUT2D eigenvalue weighted by atomic mass is 16.6. The predicted octanol–water partition coefficient (Wildman–Crippen LogP) is 5.17. The third-order valence-electron chi connectivity index (χ3n) is 5.31. The van der Waals surface area contributed by atoms with Gasteiger partial charge in [-0.25, -0.2) is 0 Å². The van der Waals surface area contributed by atoms with E-state index in [1.165, 1.54) is 12.1 Å². The Bertz CT molecular complexity index is 878. The molecule has 1 fully saturated rings. The van der Waals surface area contributed by atoms with E-state index >= 15 is 0 Å². The highest BCUT2D eigenvalue weighted by molar-refractivity contribution is 5.73. The third kappa shape index (κ3) is 4.54. The number of non-ortho nitro benzene ring substituents is 1. The van der Waals surface area contributed by atoms with Crippen LogP contribution in [0.25, 0.3) is 0 Å². The molecule has 0 aliphatic carbocycles. The molecule has 0 aromatic heterocycles. The summed E-state index contributed by atoms with van der Waals surface area (Å²) in [6.45, 7) is 8.10. The van der Waals surface area contributed by atoms with Crippen LogP contribution in [0.5, 0.6) is 0 Å². The lowest BCUT2D eigenvalue weighted by Gasteiger charge is -2.41. The van der Waals surface area contributed by atoms with Crippen LogP contribution >= 0.6 is 0 Å². The second-order valence-electron chi connectivity index (χ2n) is 7.28. The van der Waals surface area contributed by atoms with Crippen molar-refractivity contribution in [2.75, 3.05) is 6.61 Å². The smallest absolute Gasteiger partial charge is 0.311 e. The van der Waals surface area contributed by atoms with Gasteiger partial charge < -0.3 is 9.47 Å². The molecule has 0 bridgehead atoms. The van der Waals surface area contributed by atoms with Gasteiger partial charge in [0.25, 0.3) is 5.69 Å². The number of nitrogens with zero attached hydrogens (tertiary/aromatic N) is 1. The lowest BCUT2D eigenvalue weighted by atomic mass is 9.76. The molecule has 0 saturated carbocycles. The van der Waals surface area contributed by atoms with E-state index in [4.69, 9.17) is 9.47 Å². The van der Waals surface area contributed by atoms with Crippen LogP contribution in [0, 0.1) is 22.0 Å². The van der Waals surface area contributed by atoms with Crippen molar-refractivity contribution in [2.45, 2.75) is 32.5 Å². The van der Waals surface area contributed by atoms with Crippen molar-refractivity contribution in [3.8, 4) is 0 Å². The molecule has 29 heavy (non-hydrogen) atoms. The third-order valence-corrected chi connectivity index (χ3v) is 5.31. The van der Waals surface area contributed by atoms with Gasteiger partial charge in [-0.05, 0) is 43.5 Å². The molecular formula is C23H25NO5. The molecule has 0 radical (unpaired) electrons.